The lowest BCUT2D eigenvalue weighted by molar-refractivity contribution is -0.431. The molecule has 0 saturated carbocycles. The molecular formula is C17H19N3O7. The summed E-state index contributed by atoms with van der Waals surface area (Å²) >= 11 is 0. The molecule has 0 aliphatic carbocycles. The number of rotatable bonds is 7. The summed E-state index contributed by atoms with van der Waals surface area (Å²) in [6.45, 7) is 3.25. The predicted octanol–water partition coefficient (Wildman–Crippen LogP) is 2.25. The first kappa shape index (κ1) is 20.0. The van der Waals surface area contributed by atoms with E-state index in [1.807, 2.05) is 0 Å². The standard InChI is InChI=1S/C17H19N3O7/c1-10-14(17(21)27-8-7-26-3)15(16(20(24)25)11(2)18-10)12-5-4-6-13(9-12)19(22)23/h4-6,9,15,18H,7-8H2,1-3H3/t15-/m1/s1. The monoisotopic (exact) mass is 377 g/mol. The van der Waals surface area contributed by atoms with Crippen LogP contribution < -0.4 is 5.32 Å². The number of hydrogen-bond acceptors (Lipinski definition) is 8. The van der Waals surface area contributed by atoms with Gasteiger partial charge in [0.05, 0.1) is 27.7 Å². The first-order valence-electron chi connectivity index (χ1n) is 8.01. The maximum Gasteiger partial charge on any atom is 0.337 e. The minimum Gasteiger partial charge on any atom is -0.460 e. The Balaban J connectivity index is 2.57. The van der Waals surface area contributed by atoms with Gasteiger partial charge in [-0.15, -0.1) is 0 Å². The molecule has 1 aliphatic rings. The van der Waals surface area contributed by atoms with Gasteiger partial charge in [0.1, 0.15) is 12.5 Å². The lowest BCUT2D eigenvalue weighted by atomic mass is 9.84. The topological polar surface area (TPSA) is 134 Å². The minimum atomic E-state index is -1.10. The number of nitro benzene ring substituents is 1. The highest BCUT2D eigenvalue weighted by Gasteiger charge is 2.41. The number of carbonyl (C=O) groups excluding carboxylic acids is 1. The Morgan fingerprint density at radius 3 is 2.44 bits per heavy atom. The molecule has 1 atom stereocenters. The lowest BCUT2D eigenvalue weighted by Gasteiger charge is -2.26. The third kappa shape index (κ3) is 4.29. The Morgan fingerprint density at radius 1 is 1.15 bits per heavy atom. The summed E-state index contributed by atoms with van der Waals surface area (Å²) in [5.74, 6) is -1.85. The number of dihydropyridines is 1. The van der Waals surface area contributed by atoms with Crippen LogP contribution in [-0.4, -0.2) is 36.1 Å². The van der Waals surface area contributed by atoms with E-state index in [1.165, 1.54) is 38.3 Å². The Morgan fingerprint density at radius 2 is 1.85 bits per heavy atom. The van der Waals surface area contributed by atoms with Crippen molar-refractivity contribution in [1.29, 1.82) is 0 Å². The van der Waals surface area contributed by atoms with Crippen molar-refractivity contribution in [1.82, 2.24) is 5.32 Å². The number of methoxy groups -OCH3 is 1. The van der Waals surface area contributed by atoms with Crippen LogP contribution in [0, 0.1) is 20.2 Å². The van der Waals surface area contributed by atoms with Gasteiger partial charge in [-0.3, -0.25) is 20.2 Å². The van der Waals surface area contributed by atoms with Gasteiger partial charge in [-0.25, -0.2) is 4.79 Å². The molecule has 0 fully saturated rings. The summed E-state index contributed by atoms with van der Waals surface area (Å²) in [6, 6.07) is 5.43. The Labute approximate surface area is 154 Å². The number of nitrogens with one attached hydrogen (secondary N) is 1. The molecule has 1 aliphatic heterocycles. The number of nitrogens with zero attached hydrogens (tertiary/aromatic N) is 2. The summed E-state index contributed by atoms with van der Waals surface area (Å²) in [4.78, 5) is 34.2. The lowest BCUT2D eigenvalue weighted by Crippen LogP contribution is -2.32. The van der Waals surface area contributed by atoms with Crippen LogP contribution in [-0.2, 0) is 14.3 Å². The largest absolute Gasteiger partial charge is 0.460 e. The number of carbonyl (C=O) groups is 1. The van der Waals surface area contributed by atoms with Gasteiger partial charge in [0.25, 0.3) is 11.4 Å². The first-order valence-corrected chi connectivity index (χ1v) is 8.01. The molecule has 144 valence electrons. The van der Waals surface area contributed by atoms with Gasteiger partial charge in [0.15, 0.2) is 0 Å². The van der Waals surface area contributed by atoms with Crippen LogP contribution >= 0.6 is 0 Å². The molecule has 0 bridgehead atoms. The van der Waals surface area contributed by atoms with E-state index in [9.17, 15) is 25.0 Å². The number of nitro groups is 2. The van der Waals surface area contributed by atoms with Crippen molar-refractivity contribution in [2.75, 3.05) is 20.3 Å². The highest BCUT2D eigenvalue weighted by atomic mass is 16.6. The van der Waals surface area contributed by atoms with E-state index in [-0.39, 0.29) is 41.4 Å². The van der Waals surface area contributed by atoms with Gasteiger partial charge < -0.3 is 14.8 Å². The van der Waals surface area contributed by atoms with Crippen LogP contribution in [0.4, 0.5) is 5.69 Å². The molecule has 0 amide bonds. The van der Waals surface area contributed by atoms with Crippen molar-refractivity contribution in [3.8, 4) is 0 Å². The fraction of sp³-hybridized carbons (Fsp3) is 0.353. The second-order valence-electron chi connectivity index (χ2n) is 5.84. The Bertz CT molecular complexity index is 845. The summed E-state index contributed by atoms with van der Waals surface area (Å²) in [5, 5.41) is 25.6. The van der Waals surface area contributed by atoms with Crippen molar-refractivity contribution in [3.63, 3.8) is 0 Å². The maximum atomic E-state index is 12.6. The molecule has 10 heteroatoms. The van der Waals surface area contributed by atoms with Gasteiger partial charge in [-0.2, -0.15) is 0 Å². The minimum absolute atomic E-state index is 0.0235. The zero-order valence-electron chi connectivity index (χ0n) is 15.1. The van der Waals surface area contributed by atoms with Crippen LogP contribution in [0.2, 0.25) is 0 Å². The van der Waals surface area contributed by atoms with E-state index in [2.05, 4.69) is 5.32 Å². The Hall–Kier alpha value is -3.27. The number of hydrogen-bond donors (Lipinski definition) is 1. The Kier molecular flexibility index (Phi) is 6.24. The highest BCUT2D eigenvalue weighted by Crippen LogP contribution is 2.39. The van der Waals surface area contributed by atoms with E-state index in [0.717, 1.165) is 0 Å². The van der Waals surface area contributed by atoms with Crippen molar-refractivity contribution in [3.05, 3.63) is 72.7 Å². The maximum absolute atomic E-state index is 12.6. The average Bonchev–Trinajstić information content (AvgIpc) is 2.60. The molecular weight excluding hydrogens is 358 g/mol. The normalized spacial score (nSPS) is 16.8. The summed E-state index contributed by atoms with van der Waals surface area (Å²) in [6.07, 6.45) is 0. The first-order chi connectivity index (χ1) is 12.8. The SMILES string of the molecule is COCCOC(=O)C1=C(C)NC(C)=C([N+](=O)[O-])[C@@H]1c1cccc([N+](=O)[O-])c1. The molecule has 10 nitrogen and oxygen atoms in total. The van der Waals surface area contributed by atoms with Crippen LogP contribution in [0.5, 0.6) is 0 Å². The second-order valence-corrected chi connectivity index (χ2v) is 5.84. The summed E-state index contributed by atoms with van der Waals surface area (Å²) in [5.41, 5.74) is 0.439. The van der Waals surface area contributed by atoms with Crippen molar-refractivity contribution in [2.24, 2.45) is 0 Å². The average molecular weight is 377 g/mol. The molecule has 27 heavy (non-hydrogen) atoms. The molecule has 1 N–H and O–H groups in total. The highest BCUT2D eigenvalue weighted by molar-refractivity contribution is 5.92. The third-order valence-corrected chi connectivity index (χ3v) is 4.08. The zero-order valence-corrected chi connectivity index (χ0v) is 15.1. The van der Waals surface area contributed by atoms with Gasteiger partial charge in [-0.1, -0.05) is 12.1 Å². The van der Waals surface area contributed by atoms with Crippen molar-refractivity contribution in [2.45, 2.75) is 19.8 Å². The summed E-state index contributed by atoms with van der Waals surface area (Å²) in [7, 11) is 1.45. The third-order valence-electron chi connectivity index (χ3n) is 4.08. The van der Waals surface area contributed by atoms with Crippen molar-refractivity contribution < 1.29 is 24.1 Å². The van der Waals surface area contributed by atoms with Gasteiger partial charge >= 0.3 is 5.97 Å². The van der Waals surface area contributed by atoms with Crippen LogP contribution in [0.1, 0.15) is 25.3 Å². The van der Waals surface area contributed by atoms with Crippen molar-refractivity contribution >= 4 is 11.7 Å². The molecule has 0 radical (unpaired) electrons. The molecule has 1 aromatic rings. The van der Waals surface area contributed by atoms with Crippen LogP contribution in [0.15, 0.2) is 46.9 Å². The molecule has 0 aromatic heterocycles. The molecule has 1 aromatic carbocycles. The fourth-order valence-electron chi connectivity index (χ4n) is 2.93. The van der Waals surface area contributed by atoms with Gasteiger partial charge in [0, 0.05) is 24.9 Å². The fourth-order valence-corrected chi connectivity index (χ4v) is 2.93. The van der Waals surface area contributed by atoms with E-state index >= 15 is 0 Å². The number of benzene rings is 1. The summed E-state index contributed by atoms with van der Waals surface area (Å²) < 4.78 is 9.98. The predicted molar refractivity (Wildman–Crippen MR) is 94.2 cm³/mol. The van der Waals surface area contributed by atoms with Gasteiger partial charge in [0.2, 0.25) is 0 Å². The van der Waals surface area contributed by atoms with E-state index < -0.39 is 21.7 Å². The molecule has 0 saturated heterocycles. The quantitative estimate of drug-likeness (QED) is 0.331. The van der Waals surface area contributed by atoms with Crippen LogP contribution in [0.3, 0.4) is 0 Å². The second kappa shape index (κ2) is 8.41. The van der Waals surface area contributed by atoms with E-state index in [0.29, 0.717) is 5.70 Å². The molecule has 2 rings (SSSR count). The van der Waals surface area contributed by atoms with Gasteiger partial charge in [-0.05, 0) is 19.4 Å². The molecule has 0 spiro atoms. The number of non-ortho nitro benzene ring substituents is 1. The zero-order chi connectivity index (χ0) is 20.1. The number of allylic oxidation sites excluding steroid dienone is 3. The number of ether oxygens (including phenoxy) is 2. The smallest absolute Gasteiger partial charge is 0.337 e. The molecule has 1 heterocycles. The van der Waals surface area contributed by atoms with E-state index in [4.69, 9.17) is 9.47 Å². The van der Waals surface area contributed by atoms with E-state index in [1.54, 1.807) is 6.92 Å². The van der Waals surface area contributed by atoms with Crippen LogP contribution in [0.25, 0.3) is 0 Å². The molecule has 0 unspecified atom stereocenters. The number of esters is 1.